The van der Waals surface area contributed by atoms with E-state index in [4.69, 9.17) is 14.2 Å². The van der Waals surface area contributed by atoms with E-state index in [0.29, 0.717) is 19.7 Å². The first kappa shape index (κ1) is 23.9. The summed E-state index contributed by atoms with van der Waals surface area (Å²) in [7, 11) is 1.63. The number of rotatable bonds is 6. The minimum Gasteiger partial charge on any atom is -0.497 e. The van der Waals surface area contributed by atoms with Crippen molar-refractivity contribution in [3.05, 3.63) is 59.9 Å². The van der Waals surface area contributed by atoms with Crippen molar-refractivity contribution in [2.75, 3.05) is 25.2 Å². The molecule has 1 aliphatic heterocycles. The standard InChI is InChI=1S/C25H33FN2O4/c1-24(2,3)32-23(29)28-21(17-31-25(28,4)5)16-27(20-9-7-8-19(26)14-20)15-18-10-12-22(30-6)13-11-18/h7-14,21H,15-17H2,1-6H3/t21-/m0/s1. The van der Waals surface area contributed by atoms with E-state index in [1.54, 1.807) is 18.1 Å². The summed E-state index contributed by atoms with van der Waals surface area (Å²) in [5.74, 6) is 0.460. The monoisotopic (exact) mass is 444 g/mol. The first-order chi connectivity index (χ1) is 15.0. The lowest BCUT2D eigenvalue weighted by Crippen LogP contribution is -2.53. The molecule has 0 saturated carbocycles. The van der Waals surface area contributed by atoms with Crippen LogP contribution in [0.3, 0.4) is 0 Å². The Kier molecular flexibility index (Phi) is 6.98. The van der Waals surface area contributed by atoms with Crippen molar-refractivity contribution >= 4 is 11.8 Å². The van der Waals surface area contributed by atoms with Gasteiger partial charge in [0.1, 0.15) is 22.9 Å². The van der Waals surface area contributed by atoms with E-state index in [1.807, 2.05) is 65.0 Å². The molecular formula is C25H33FN2O4. The van der Waals surface area contributed by atoms with Gasteiger partial charge >= 0.3 is 6.09 Å². The Morgan fingerprint density at radius 2 is 1.91 bits per heavy atom. The van der Waals surface area contributed by atoms with Crippen LogP contribution in [0, 0.1) is 5.82 Å². The first-order valence-electron chi connectivity index (χ1n) is 10.8. The van der Waals surface area contributed by atoms with Crippen molar-refractivity contribution < 1.29 is 23.4 Å². The van der Waals surface area contributed by atoms with Gasteiger partial charge in [-0.05, 0) is 70.5 Å². The highest BCUT2D eigenvalue weighted by Crippen LogP contribution is 2.31. The van der Waals surface area contributed by atoms with Gasteiger partial charge in [0.05, 0.1) is 19.8 Å². The lowest BCUT2D eigenvalue weighted by molar-refractivity contribution is -0.0621. The van der Waals surface area contributed by atoms with Gasteiger partial charge in [-0.2, -0.15) is 0 Å². The van der Waals surface area contributed by atoms with E-state index in [9.17, 15) is 9.18 Å². The highest BCUT2D eigenvalue weighted by Gasteiger charge is 2.46. The fourth-order valence-electron chi connectivity index (χ4n) is 3.84. The van der Waals surface area contributed by atoms with E-state index in [2.05, 4.69) is 4.90 Å². The lowest BCUT2D eigenvalue weighted by Gasteiger charge is -2.37. The Bertz CT molecular complexity index is 924. The molecule has 0 aliphatic carbocycles. The van der Waals surface area contributed by atoms with Crippen molar-refractivity contribution in [2.24, 2.45) is 0 Å². The summed E-state index contributed by atoms with van der Waals surface area (Å²) in [5.41, 5.74) is 0.346. The number of hydrogen-bond donors (Lipinski definition) is 0. The molecule has 2 aromatic rings. The molecule has 0 bridgehead atoms. The molecule has 1 aliphatic rings. The molecule has 0 N–H and O–H groups in total. The van der Waals surface area contributed by atoms with Gasteiger partial charge in [0.15, 0.2) is 0 Å². The van der Waals surface area contributed by atoms with E-state index >= 15 is 0 Å². The van der Waals surface area contributed by atoms with E-state index < -0.39 is 17.4 Å². The molecule has 1 atom stereocenters. The normalized spacial score (nSPS) is 17.8. The van der Waals surface area contributed by atoms with Gasteiger partial charge in [0.25, 0.3) is 0 Å². The van der Waals surface area contributed by atoms with Gasteiger partial charge in [-0.25, -0.2) is 9.18 Å². The number of nitrogens with zero attached hydrogens (tertiary/aromatic N) is 2. The third-order valence-electron chi connectivity index (χ3n) is 5.30. The second kappa shape index (κ2) is 9.36. The number of hydrogen-bond acceptors (Lipinski definition) is 5. The molecule has 6 nitrogen and oxygen atoms in total. The Morgan fingerprint density at radius 3 is 2.50 bits per heavy atom. The molecule has 0 aromatic heterocycles. The van der Waals surface area contributed by atoms with Crippen molar-refractivity contribution in [3.8, 4) is 5.75 Å². The molecule has 174 valence electrons. The van der Waals surface area contributed by atoms with Crippen LogP contribution in [0.25, 0.3) is 0 Å². The average molecular weight is 445 g/mol. The minimum absolute atomic E-state index is 0.263. The van der Waals surface area contributed by atoms with E-state index in [-0.39, 0.29) is 11.9 Å². The fraction of sp³-hybridized carbons (Fsp3) is 0.480. The third-order valence-corrected chi connectivity index (χ3v) is 5.30. The number of methoxy groups -OCH3 is 1. The van der Waals surface area contributed by atoms with Gasteiger partial charge in [0, 0.05) is 18.8 Å². The maximum atomic E-state index is 14.0. The van der Waals surface area contributed by atoms with Crippen LogP contribution in [0.4, 0.5) is 14.9 Å². The van der Waals surface area contributed by atoms with Gasteiger partial charge in [-0.1, -0.05) is 18.2 Å². The predicted molar refractivity (Wildman–Crippen MR) is 122 cm³/mol. The molecule has 7 heteroatoms. The predicted octanol–water partition coefficient (Wildman–Crippen LogP) is 5.21. The van der Waals surface area contributed by atoms with Gasteiger partial charge in [0.2, 0.25) is 0 Å². The third kappa shape index (κ3) is 5.91. The number of anilines is 1. The number of benzene rings is 2. The summed E-state index contributed by atoms with van der Waals surface area (Å²) < 4.78 is 30.9. The molecule has 32 heavy (non-hydrogen) atoms. The Morgan fingerprint density at radius 1 is 1.22 bits per heavy atom. The van der Waals surface area contributed by atoms with E-state index in [1.165, 1.54) is 12.1 Å². The number of halogens is 1. The number of amides is 1. The van der Waals surface area contributed by atoms with Crippen LogP contribution in [-0.2, 0) is 16.0 Å². The molecule has 0 radical (unpaired) electrons. The quantitative estimate of drug-likeness (QED) is 0.612. The molecule has 2 aromatic carbocycles. The van der Waals surface area contributed by atoms with Crippen LogP contribution < -0.4 is 9.64 Å². The molecule has 1 saturated heterocycles. The van der Waals surface area contributed by atoms with Crippen molar-refractivity contribution in [1.82, 2.24) is 4.90 Å². The van der Waals surface area contributed by atoms with Gasteiger partial charge in [-0.3, -0.25) is 4.90 Å². The zero-order valence-electron chi connectivity index (χ0n) is 19.7. The highest BCUT2D eigenvalue weighted by atomic mass is 19.1. The zero-order chi connectivity index (χ0) is 23.5. The highest BCUT2D eigenvalue weighted by molar-refractivity contribution is 5.70. The van der Waals surface area contributed by atoms with Crippen molar-refractivity contribution in [3.63, 3.8) is 0 Å². The van der Waals surface area contributed by atoms with Crippen molar-refractivity contribution in [2.45, 2.75) is 58.5 Å². The Balaban J connectivity index is 1.87. The number of ether oxygens (including phenoxy) is 3. The molecule has 1 fully saturated rings. The number of carbonyl (C=O) groups is 1. The molecule has 1 amide bonds. The van der Waals surface area contributed by atoms with Crippen LogP contribution in [-0.4, -0.2) is 48.6 Å². The van der Waals surface area contributed by atoms with Crippen LogP contribution in [0.5, 0.6) is 5.75 Å². The Hall–Kier alpha value is -2.80. The zero-order valence-corrected chi connectivity index (χ0v) is 19.7. The second-order valence-electron chi connectivity index (χ2n) is 9.47. The van der Waals surface area contributed by atoms with Crippen LogP contribution in [0.1, 0.15) is 40.2 Å². The summed E-state index contributed by atoms with van der Waals surface area (Å²) >= 11 is 0. The Labute approximate surface area is 189 Å². The van der Waals surface area contributed by atoms with Gasteiger partial charge in [-0.15, -0.1) is 0 Å². The SMILES string of the molecule is COc1ccc(CN(C[C@H]2COC(C)(C)N2C(=O)OC(C)(C)C)c2cccc(F)c2)cc1. The second-order valence-corrected chi connectivity index (χ2v) is 9.47. The smallest absolute Gasteiger partial charge is 0.412 e. The van der Waals surface area contributed by atoms with Crippen molar-refractivity contribution in [1.29, 1.82) is 0 Å². The number of carbonyl (C=O) groups excluding carboxylic acids is 1. The van der Waals surface area contributed by atoms with E-state index in [0.717, 1.165) is 17.0 Å². The van der Waals surface area contributed by atoms with Gasteiger partial charge < -0.3 is 19.1 Å². The summed E-state index contributed by atoms with van der Waals surface area (Å²) in [6.45, 7) is 10.6. The lowest BCUT2D eigenvalue weighted by atomic mass is 10.1. The molecule has 3 rings (SSSR count). The molecule has 0 unspecified atom stereocenters. The van der Waals surface area contributed by atoms with Crippen LogP contribution >= 0.6 is 0 Å². The molecular weight excluding hydrogens is 411 g/mol. The summed E-state index contributed by atoms with van der Waals surface area (Å²) in [6.07, 6.45) is -0.423. The fourth-order valence-corrected chi connectivity index (χ4v) is 3.84. The maximum absolute atomic E-state index is 14.0. The molecule has 1 heterocycles. The van der Waals surface area contributed by atoms with Crippen LogP contribution in [0.2, 0.25) is 0 Å². The minimum atomic E-state index is -0.805. The largest absolute Gasteiger partial charge is 0.497 e. The summed E-state index contributed by atoms with van der Waals surface area (Å²) in [4.78, 5) is 16.7. The summed E-state index contributed by atoms with van der Waals surface area (Å²) in [6, 6.07) is 14.0. The maximum Gasteiger partial charge on any atom is 0.412 e. The molecule has 0 spiro atoms. The average Bonchev–Trinajstić information content (AvgIpc) is 3.00. The first-order valence-corrected chi connectivity index (χ1v) is 10.8. The summed E-state index contributed by atoms with van der Waals surface area (Å²) in [5, 5.41) is 0. The van der Waals surface area contributed by atoms with Crippen LogP contribution in [0.15, 0.2) is 48.5 Å². The topological polar surface area (TPSA) is 51.2 Å².